The van der Waals surface area contributed by atoms with Crippen molar-refractivity contribution in [3.63, 3.8) is 0 Å². The first-order valence-corrected chi connectivity index (χ1v) is 6.17. The Balaban J connectivity index is 2.65. The highest BCUT2D eigenvalue weighted by Crippen LogP contribution is 2.10. The summed E-state index contributed by atoms with van der Waals surface area (Å²) in [6.45, 7) is 1.37. The summed E-state index contributed by atoms with van der Waals surface area (Å²) in [5, 5.41) is 4.99. The number of aromatic nitrogens is 2. The second-order valence-corrected chi connectivity index (χ2v) is 4.52. The zero-order valence-corrected chi connectivity index (χ0v) is 10.8. The van der Waals surface area contributed by atoms with E-state index in [1.165, 1.54) is 0 Å². The summed E-state index contributed by atoms with van der Waals surface area (Å²) in [5.74, 6) is 0. The Hall–Kier alpha value is -0.950. The molecule has 0 saturated carbocycles. The molecule has 0 unspecified atom stereocenters. The van der Waals surface area contributed by atoms with Crippen LogP contribution >= 0.6 is 22.6 Å². The van der Waals surface area contributed by atoms with Crippen molar-refractivity contribution in [3.05, 3.63) is 38.2 Å². The van der Waals surface area contributed by atoms with Gasteiger partial charge in [-0.15, -0.1) is 0 Å². The molecule has 1 aromatic carbocycles. The quantitative estimate of drug-likeness (QED) is 0.865. The van der Waals surface area contributed by atoms with Gasteiger partial charge in [0, 0.05) is 6.54 Å². The molecule has 84 valence electrons. The van der Waals surface area contributed by atoms with Crippen LogP contribution in [0.5, 0.6) is 0 Å². The topological polar surface area (TPSA) is 60.9 Å². The summed E-state index contributed by atoms with van der Waals surface area (Å²) < 4.78 is 2.36. The van der Waals surface area contributed by atoms with Gasteiger partial charge in [-0.2, -0.15) is 5.10 Å². The van der Waals surface area contributed by atoms with Crippen LogP contribution in [0.4, 0.5) is 0 Å². The predicted octanol–water partition coefficient (Wildman–Crippen LogP) is 1.35. The van der Waals surface area contributed by atoms with Gasteiger partial charge in [0.15, 0.2) is 3.70 Å². The molecular weight excluding hydrogens is 317 g/mol. The van der Waals surface area contributed by atoms with Gasteiger partial charge in [0.25, 0.3) is 0 Å². The minimum atomic E-state index is 0.000184. The number of fused-ring (bicyclic) bond motifs is 1. The Morgan fingerprint density at radius 2 is 2.12 bits per heavy atom. The van der Waals surface area contributed by atoms with E-state index in [1.807, 2.05) is 51.5 Å². The van der Waals surface area contributed by atoms with Gasteiger partial charge in [-0.1, -0.05) is 12.1 Å². The number of para-hydroxylation sites is 1. The van der Waals surface area contributed by atoms with Gasteiger partial charge in [-0.05, 0) is 47.7 Å². The highest BCUT2D eigenvalue weighted by molar-refractivity contribution is 14.1. The molecule has 0 aliphatic heterocycles. The van der Waals surface area contributed by atoms with Crippen molar-refractivity contribution in [2.45, 2.75) is 13.0 Å². The van der Waals surface area contributed by atoms with E-state index in [2.05, 4.69) is 5.10 Å². The second kappa shape index (κ2) is 4.92. The van der Waals surface area contributed by atoms with Crippen molar-refractivity contribution >= 4 is 33.5 Å². The number of hydrogen-bond donors (Lipinski definition) is 1. The number of nitrogens with zero attached hydrogens (tertiary/aromatic N) is 2. The summed E-state index contributed by atoms with van der Waals surface area (Å²) in [5.41, 5.74) is 6.36. The van der Waals surface area contributed by atoms with E-state index >= 15 is 0 Å². The van der Waals surface area contributed by atoms with Crippen molar-refractivity contribution < 1.29 is 0 Å². The van der Waals surface area contributed by atoms with Crippen molar-refractivity contribution in [1.29, 1.82) is 0 Å². The smallest absolute Gasteiger partial charge is 0.221 e. The Kier molecular flexibility index (Phi) is 3.55. The van der Waals surface area contributed by atoms with Crippen LogP contribution in [0.2, 0.25) is 0 Å². The highest BCUT2D eigenvalue weighted by Gasteiger charge is 2.07. The van der Waals surface area contributed by atoms with E-state index in [1.54, 1.807) is 0 Å². The van der Waals surface area contributed by atoms with Crippen LogP contribution in [0.3, 0.4) is 0 Å². The second-order valence-electron chi connectivity index (χ2n) is 3.50. The molecule has 2 aromatic rings. The SMILES string of the molecule is NCCCn1nc(I)c(=O)c2ccccc21. The average molecular weight is 329 g/mol. The molecule has 2 N–H and O–H groups in total. The summed E-state index contributed by atoms with van der Waals surface area (Å²) >= 11 is 1.97. The maximum atomic E-state index is 11.8. The number of rotatable bonds is 3. The molecule has 4 nitrogen and oxygen atoms in total. The standard InChI is InChI=1S/C11H12IN3O/c12-11-10(16)8-4-1-2-5-9(8)15(14-11)7-3-6-13/h1-2,4-5H,3,6-7,13H2. The van der Waals surface area contributed by atoms with Gasteiger partial charge in [0.2, 0.25) is 5.43 Å². The molecule has 0 saturated heterocycles. The lowest BCUT2D eigenvalue weighted by molar-refractivity contribution is 0.587. The maximum Gasteiger partial charge on any atom is 0.221 e. The largest absolute Gasteiger partial charge is 0.330 e. The Morgan fingerprint density at radius 3 is 2.88 bits per heavy atom. The van der Waals surface area contributed by atoms with E-state index in [0.29, 0.717) is 10.2 Å². The summed E-state index contributed by atoms with van der Waals surface area (Å²) in [4.78, 5) is 11.8. The Bertz CT molecular complexity index is 565. The number of halogens is 1. The first-order chi connectivity index (χ1) is 7.74. The monoisotopic (exact) mass is 329 g/mol. The van der Waals surface area contributed by atoms with Crippen molar-refractivity contribution in [3.8, 4) is 0 Å². The molecule has 0 aliphatic carbocycles. The molecule has 0 radical (unpaired) electrons. The average Bonchev–Trinajstić information content (AvgIpc) is 2.32. The molecule has 1 aromatic heterocycles. The predicted molar refractivity (Wildman–Crippen MR) is 72.4 cm³/mol. The first kappa shape index (κ1) is 11.5. The molecule has 0 bridgehead atoms. The third kappa shape index (κ3) is 2.10. The number of aryl methyl sites for hydroxylation is 1. The molecular formula is C11H12IN3O. The van der Waals surface area contributed by atoms with E-state index < -0.39 is 0 Å². The van der Waals surface area contributed by atoms with Crippen LogP contribution in [-0.4, -0.2) is 16.3 Å². The normalized spacial score (nSPS) is 10.9. The molecule has 0 atom stereocenters. The zero-order chi connectivity index (χ0) is 11.5. The number of hydrogen-bond acceptors (Lipinski definition) is 3. The van der Waals surface area contributed by atoms with Crippen molar-refractivity contribution in [2.24, 2.45) is 5.73 Å². The maximum absolute atomic E-state index is 11.8. The van der Waals surface area contributed by atoms with Crippen molar-refractivity contribution in [1.82, 2.24) is 9.78 Å². The molecule has 0 fully saturated rings. The lowest BCUT2D eigenvalue weighted by Gasteiger charge is -2.09. The minimum absolute atomic E-state index is 0.000184. The van der Waals surface area contributed by atoms with E-state index in [-0.39, 0.29) is 5.43 Å². The fraction of sp³-hybridized carbons (Fsp3) is 0.273. The molecule has 2 rings (SSSR count). The van der Waals surface area contributed by atoms with Gasteiger partial charge in [0.1, 0.15) is 0 Å². The van der Waals surface area contributed by atoms with Crippen LogP contribution in [0.15, 0.2) is 29.1 Å². The fourth-order valence-corrected chi connectivity index (χ4v) is 2.17. The van der Waals surface area contributed by atoms with Gasteiger partial charge in [-0.3, -0.25) is 9.48 Å². The summed E-state index contributed by atoms with van der Waals surface area (Å²) in [7, 11) is 0. The molecule has 16 heavy (non-hydrogen) atoms. The van der Waals surface area contributed by atoms with E-state index in [4.69, 9.17) is 5.73 Å². The van der Waals surface area contributed by atoms with Crippen LogP contribution < -0.4 is 11.2 Å². The van der Waals surface area contributed by atoms with Crippen LogP contribution in [-0.2, 0) is 6.54 Å². The molecule has 5 heteroatoms. The summed E-state index contributed by atoms with van der Waals surface area (Å²) in [6, 6.07) is 7.53. The number of nitrogens with two attached hydrogens (primary N) is 1. The van der Waals surface area contributed by atoms with Crippen LogP contribution in [0, 0.1) is 3.70 Å². The van der Waals surface area contributed by atoms with Crippen molar-refractivity contribution in [2.75, 3.05) is 6.54 Å². The molecule has 0 aliphatic rings. The molecule has 0 spiro atoms. The Labute approximate surface area is 107 Å². The van der Waals surface area contributed by atoms with Crippen LogP contribution in [0.25, 0.3) is 10.9 Å². The minimum Gasteiger partial charge on any atom is -0.330 e. The third-order valence-electron chi connectivity index (χ3n) is 2.40. The Morgan fingerprint density at radius 1 is 1.38 bits per heavy atom. The van der Waals surface area contributed by atoms with Gasteiger partial charge >= 0.3 is 0 Å². The van der Waals surface area contributed by atoms with Crippen LogP contribution in [0.1, 0.15) is 6.42 Å². The van der Waals surface area contributed by atoms with Gasteiger partial charge < -0.3 is 5.73 Å². The lowest BCUT2D eigenvalue weighted by Crippen LogP contribution is -2.18. The fourth-order valence-electron chi connectivity index (χ4n) is 1.62. The molecule has 0 amide bonds. The van der Waals surface area contributed by atoms with E-state index in [9.17, 15) is 4.79 Å². The van der Waals surface area contributed by atoms with Gasteiger partial charge in [0.05, 0.1) is 10.9 Å². The summed E-state index contributed by atoms with van der Waals surface area (Å²) in [6.07, 6.45) is 0.857. The lowest BCUT2D eigenvalue weighted by atomic mass is 10.2. The zero-order valence-electron chi connectivity index (χ0n) is 8.69. The highest BCUT2D eigenvalue weighted by atomic mass is 127. The third-order valence-corrected chi connectivity index (χ3v) is 3.10. The molecule has 1 heterocycles. The number of benzene rings is 1. The first-order valence-electron chi connectivity index (χ1n) is 5.09. The van der Waals surface area contributed by atoms with E-state index in [0.717, 1.165) is 23.9 Å². The van der Waals surface area contributed by atoms with Gasteiger partial charge in [-0.25, -0.2) is 0 Å².